The van der Waals surface area contributed by atoms with Crippen LogP contribution in [0.1, 0.15) is 27.2 Å². The first-order chi connectivity index (χ1) is 8.45. The Morgan fingerprint density at radius 2 is 2.17 bits per heavy atom. The standard InChI is InChI=1S/C13H22N4O/c1-4-13(14)8-17(9-13)11-12(18)16(6-5-15-11)7-10(2)3/h5-6,10H,4,7-9,14H2,1-3H3. The minimum absolute atomic E-state index is 0.00986. The molecule has 0 unspecified atom stereocenters. The van der Waals surface area contributed by atoms with E-state index in [9.17, 15) is 4.79 Å². The molecule has 100 valence electrons. The number of aromatic nitrogens is 2. The molecule has 5 heteroatoms. The van der Waals surface area contributed by atoms with E-state index in [1.54, 1.807) is 17.0 Å². The summed E-state index contributed by atoms with van der Waals surface area (Å²) in [5.74, 6) is 0.978. The molecule has 2 N–H and O–H groups in total. The smallest absolute Gasteiger partial charge is 0.293 e. The fourth-order valence-corrected chi connectivity index (χ4v) is 2.28. The second-order valence-electron chi connectivity index (χ2n) is 5.67. The topological polar surface area (TPSA) is 64.2 Å². The summed E-state index contributed by atoms with van der Waals surface area (Å²) >= 11 is 0. The van der Waals surface area contributed by atoms with Crippen molar-refractivity contribution in [1.82, 2.24) is 9.55 Å². The van der Waals surface area contributed by atoms with Crippen LogP contribution in [0.4, 0.5) is 5.82 Å². The fraction of sp³-hybridized carbons (Fsp3) is 0.692. The molecule has 1 aromatic heterocycles. The molecule has 0 saturated carbocycles. The molecule has 0 spiro atoms. The van der Waals surface area contributed by atoms with Crippen LogP contribution in [0, 0.1) is 5.92 Å². The molecule has 0 aliphatic carbocycles. The van der Waals surface area contributed by atoms with Crippen LogP contribution in [0.3, 0.4) is 0 Å². The average molecular weight is 250 g/mol. The Morgan fingerprint density at radius 3 is 2.72 bits per heavy atom. The van der Waals surface area contributed by atoms with Gasteiger partial charge in [0.15, 0.2) is 5.82 Å². The first-order valence-corrected chi connectivity index (χ1v) is 6.54. The van der Waals surface area contributed by atoms with E-state index in [-0.39, 0.29) is 11.1 Å². The van der Waals surface area contributed by atoms with E-state index in [4.69, 9.17) is 5.73 Å². The van der Waals surface area contributed by atoms with Gasteiger partial charge in [-0.25, -0.2) is 4.98 Å². The van der Waals surface area contributed by atoms with Crippen LogP contribution in [0.25, 0.3) is 0 Å². The van der Waals surface area contributed by atoms with Crippen molar-refractivity contribution in [2.24, 2.45) is 11.7 Å². The Balaban J connectivity index is 2.18. The zero-order valence-electron chi connectivity index (χ0n) is 11.4. The van der Waals surface area contributed by atoms with Gasteiger partial charge in [-0.05, 0) is 12.3 Å². The Hall–Kier alpha value is -1.36. The Bertz CT molecular complexity index is 474. The van der Waals surface area contributed by atoms with Gasteiger partial charge in [-0.2, -0.15) is 0 Å². The summed E-state index contributed by atoms with van der Waals surface area (Å²) in [6.45, 7) is 8.43. The summed E-state index contributed by atoms with van der Waals surface area (Å²) in [5, 5.41) is 0. The zero-order chi connectivity index (χ0) is 13.3. The molecule has 0 bridgehead atoms. The van der Waals surface area contributed by atoms with Crippen LogP contribution in [-0.2, 0) is 6.54 Å². The molecule has 5 nitrogen and oxygen atoms in total. The molecule has 0 atom stereocenters. The van der Waals surface area contributed by atoms with E-state index < -0.39 is 0 Å². The molecule has 0 radical (unpaired) electrons. The molecule has 0 amide bonds. The molecule has 2 rings (SSSR count). The Morgan fingerprint density at radius 1 is 1.50 bits per heavy atom. The van der Waals surface area contributed by atoms with Gasteiger partial charge in [-0.1, -0.05) is 20.8 Å². The van der Waals surface area contributed by atoms with Crippen molar-refractivity contribution in [1.29, 1.82) is 0 Å². The summed E-state index contributed by atoms with van der Waals surface area (Å²) in [4.78, 5) is 18.4. The lowest BCUT2D eigenvalue weighted by atomic mass is 9.88. The van der Waals surface area contributed by atoms with Crippen molar-refractivity contribution in [2.75, 3.05) is 18.0 Å². The van der Waals surface area contributed by atoms with Crippen molar-refractivity contribution in [3.05, 3.63) is 22.7 Å². The van der Waals surface area contributed by atoms with Crippen LogP contribution in [-0.4, -0.2) is 28.2 Å². The molecule has 1 aliphatic rings. The molecule has 1 fully saturated rings. The van der Waals surface area contributed by atoms with Gasteiger partial charge < -0.3 is 15.2 Å². The van der Waals surface area contributed by atoms with Crippen LogP contribution in [0.5, 0.6) is 0 Å². The summed E-state index contributed by atoms with van der Waals surface area (Å²) in [6.07, 6.45) is 4.37. The van der Waals surface area contributed by atoms with E-state index in [1.165, 1.54) is 0 Å². The second-order valence-corrected chi connectivity index (χ2v) is 5.67. The van der Waals surface area contributed by atoms with Crippen LogP contribution < -0.4 is 16.2 Å². The minimum atomic E-state index is -0.146. The van der Waals surface area contributed by atoms with Gasteiger partial charge in [-0.15, -0.1) is 0 Å². The first-order valence-electron chi connectivity index (χ1n) is 6.54. The van der Waals surface area contributed by atoms with Gasteiger partial charge in [-0.3, -0.25) is 4.79 Å². The highest BCUT2D eigenvalue weighted by atomic mass is 16.1. The maximum absolute atomic E-state index is 12.3. The highest BCUT2D eigenvalue weighted by molar-refractivity contribution is 5.42. The highest BCUT2D eigenvalue weighted by Gasteiger charge is 2.39. The lowest BCUT2D eigenvalue weighted by Crippen LogP contribution is -2.68. The Labute approximate surface area is 108 Å². The second kappa shape index (κ2) is 4.72. The van der Waals surface area contributed by atoms with Gasteiger partial charge >= 0.3 is 0 Å². The summed E-state index contributed by atoms with van der Waals surface area (Å²) in [7, 11) is 0. The molecular formula is C13H22N4O. The monoisotopic (exact) mass is 250 g/mol. The first kappa shape index (κ1) is 13.1. The van der Waals surface area contributed by atoms with E-state index in [2.05, 4.69) is 25.8 Å². The van der Waals surface area contributed by atoms with E-state index >= 15 is 0 Å². The van der Waals surface area contributed by atoms with Crippen LogP contribution in [0.15, 0.2) is 17.2 Å². The van der Waals surface area contributed by atoms with Crippen molar-refractivity contribution >= 4 is 5.82 Å². The summed E-state index contributed by atoms with van der Waals surface area (Å²) in [5.41, 5.74) is 5.96. The van der Waals surface area contributed by atoms with Gasteiger partial charge in [0.2, 0.25) is 0 Å². The van der Waals surface area contributed by atoms with E-state index in [0.29, 0.717) is 11.7 Å². The lowest BCUT2D eigenvalue weighted by Gasteiger charge is -2.47. The maximum atomic E-state index is 12.3. The lowest BCUT2D eigenvalue weighted by molar-refractivity contribution is 0.318. The van der Waals surface area contributed by atoms with Crippen molar-refractivity contribution in [3.8, 4) is 0 Å². The van der Waals surface area contributed by atoms with Gasteiger partial charge in [0, 0.05) is 32.0 Å². The SMILES string of the molecule is CCC1(N)CN(c2nccn(CC(C)C)c2=O)C1. The largest absolute Gasteiger partial charge is 0.348 e. The minimum Gasteiger partial charge on any atom is -0.348 e. The molecule has 2 heterocycles. The van der Waals surface area contributed by atoms with Crippen LogP contribution in [0.2, 0.25) is 0 Å². The third-order valence-electron chi connectivity index (χ3n) is 3.47. The van der Waals surface area contributed by atoms with E-state index in [1.807, 2.05) is 4.90 Å². The molecule has 1 aromatic rings. The maximum Gasteiger partial charge on any atom is 0.293 e. The third-order valence-corrected chi connectivity index (χ3v) is 3.47. The van der Waals surface area contributed by atoms with Crippen molar-refractivity contribution in [3.63, 3.8) is 0 Å². The molecular weight excluding hydrogens is 228 g/mol. The third kappa shape index (κ3) is 2.41. The van der Waals surface area contributed by atoms with Crippen molar-refractivity contribution < 1.29 is 0 Å². The molecule has 0 aromatic carbocycles. The fourth-order valence-electron chi connectivity index (χ4n) is 2.28. The number of nitrogens with two attached hydrogens (primary N) is 1. The number of hydrogen-bond donors (Lipinski definition) is 1. The van der Waals surface area contributed by atoms with E-state index in [0.717, 1.165) is 26.1 Å². The zero-order valence-corrected chi connectivity index (χ0v) is 11.4. The van der Waals surface area contributed by atoms with Crippen molar-refractivity contribution in [2.45, 2.75) is 39.3 Å². The molecule has 1 aliphatic heterocycles. The highest BCUT2D eigenvalue weighted by Crippen LogP contribution is 2.24. The molecule has 18 heavy (non-hydrogen) atoms. The number of rotatable bonds is 4. The predicted molar refractivity (Wildman–Crippen MR) is 72.8 cm³/mol. The van der Waals surface area contributed by atoms with Gasteiger partial charge in [0.25, 0.3) is 5.56 Å². The summed E-state index contributed by atoms with van der Waals surface area (Å²) < 4.78 is 1.73. The number of anilines is 1. The predicted octanol–water partition coefficient (Wildman–Crippen LogP) is 0.827. The van der Waals surface area contributed by atoms with Gasteiger partial charge in [0.05, 0.1) is 5.54 Å². The normalized spacial score (nSPS) is 17.9. The molecule has 1 saturated heterocycles. The average Bonchev–Trinajstić information content (AvgIpc) is 2.27. The quantitative estimate of drug-likeness (QED) is 0.859. The van der Waals surface area contributed by atoms with Crippen LogP contribution >= 0.6 is 0 Å². The number of hydrogen-bond acceptors (Lipinski definition) is 4. The summed E-state index contributed by atoms with van der Waals surface area (Å²) in [6, 6.07) is 0. The number of nitrogens with zero attached hydrogens (tertiary/aromatic N) is 3. The Kier molecular flexibility index (Phi) is 3.43. The van der Waals surface area contributed by atoms with Gasteiger partial charge in [0.1, 0.15) is 0 Å².